The summed E-state index contributed by atoms with van der Waals surface area (Å²) in [5.74, 6) is 0.229. The minimum absolute atomic E-state index is 0.229. The first-order valence-corrected chi connectivity index (χ1v) is 5.01. The Kier molecular flexibility index (Phi) is 3.80. The van der Waals surface area contributed by atoms with Gasteiger partial charge in [-0.05, 0) is 25.7 Å². The molecule has 1 rings (SSSR count). The van der Waals surface area contributed by atoms with E-state index in [4.69, 9.17) is 11.1 Å². The van der Waals surface area contributed by atoms with Crippen LogP contribution in [-0.4, -0.2) is 23.4 Å². The normalized spacial score (nSPS) is 22.8. The molecular formula is C10H19N3. The Hall–Kier alpha value is -0.990. The Labute approximate surface area is 80.1 Å². The van der Waals surface area contributed by atoms with E-state index in [0.29, 0.717) is 6.04 Å². The second kappa shape index (κ2) is 4.90. The van der Waals surface area contributed by atoms with E-state index in [0.717, 1.165) is 19.4 Å². The average molecular weight is 181 g/mol. The third-order valence-corrected chi connectivity index (χ3v) is 2.50. The molecule has 0 saturated carbocycles. The summed E-state index contributed by atoms with van der Waals surface area (Å²) >= 11 is 0. The number of allylic oxidation sites excluding steroid dienone is 1. The molecule has 3 N–H and O–H groups in total. The first-order chi connectivity index (χ1) is 6.25. The van der Waals surface area contributed by atoms with Crippen LogP contribution in [0.4, 0.5) is 0 Å². The van der Waals surface area contributed by atoms with E-state index < -0.39 is 0 Å². The fourth-order valence-electron chi connectivity index (χ4n) is 1.82. The summed E-state index contributed by atoms with van der Waals surface area (Å²) in [6, 6.07) is 0.472. The van der Waals surface area contributed by atoms with Gasteiger partial charge in [-0.3, -0.25) is 5.41 Å². The fraction of sp³-hybridized carbons (Fsp3) is 0.700. The lowest BCUT2D eigenvalue weighted by molar-refractivity contribution is 0.385. The molecule has 3 heteroatoms. The lowest BCUT2D eigenvalue weighted by Gasteiger charge is -2.23. The minimum atomic E-state index is 0.229. The second-order valence-corrected chi connectivity index (χ2v) is 3.49. The summed E-state index contributed by atoms with van der Waals surface area (Å²) < 4.78 is 0. The fourth-order valence-corrected chi connectivity index (χ4v) is 1.82. The maximum Gasteiger partial charge on any atom is 0.188 e. The maximum absolute atomic E-state index is 7.38. The number of hydrogen-bond acceptors (Lipinski definition) is 1. The van der Waals surface area contributed by atoms with E-state index in [9.17, 15) is 0 Å². The zero-order chi connectivity index (χ0) is 9.68. The number of guanidine groups is 1. The molecule has 13 heavy (non-hydrogen) atoms. The van der Waals surface area contributed by atoms with Crippen LogP contribution in [0.2, 0.25) is 0 Å². The summed E-state index contributed by atoms with van der Waals surface area (Å²) in [6.07, 6.45) is 8.85. The smallest absolute Gasteiger partial charge is 0.188 e. The Balaban J connectivity index is 2.39. The predicted molar refractivity (Wildman–Crippen MR) is 55.7 cm³/mol. The van der Waals surface area contributed by atoms with E-state index in [1.807, 2.05) is 4.90 Å². The Morgan fingerprint density at radius 2 is 2.38 bits per heavy atom. The molecule has 0 aromatic carbocycles. The highest BCUT2D eigenvalue weighted by Crippen LogP contribution is 2.19. The van der Waals surface area contributed by atoms with Gasteiger partial charge in [-0.15, -0.1) is 0 Å². The van der Waals surface area contributed by atoms with Crippen molar-refractivity contribution in [2.45, 2.75) is 38.6 Å². The standard InChI is InChI=1S/C10H19N3/c1-2-3-4-6-9-7-5-8-13(9)10(11)12/h3-4,9H,2,5-8H2,1H3,(H3,11,12). The zero-order valence-electron chi connectivity index (χ0n) is 8.29. The summed E-state index contributed by atoms with van der Waals surface area (Å²) in [4.78, 5) is 2.00. The van der Waals surface area contributed by atoms with E-state index in [1.165, 1.54) is 12.8 Å². The summed E-state index contributed by atoms with van der Waals surface area (Å²) in [7, 11) is 0. The molecule has 0 bridgehead atoms. The SMILES string of the molecule is CCC=CCC1CCCN1C(=N)N. The molecule has 1 unspecified atom stereocenters. The molecule has 0 spiro atoms. The van der Waals surface area contributed by atoms with E-state index >= 15 is 0 Å². The molecule has 1 aliphatic rings. The summed E-state index contributed by atoms with van der Waals surface area (Å²) in [5.41, 5.74) is 5.48. The van der Waals surface area contributed by atoms with Gasteiger partial charge in [0.2, 0.25) is 0 Å². The van der Waals surface area contributed by atoms with Crippen LogP contribution in [0.5, 0.6) is 0 Å². The molecule has 1 fully saturated rings. The van der Waals surface area contributed by atoms with Gasteiger partial charge in [0.15, 0.2) is 5.96 Å². The maximum atomic E-state index is 7.38. The van der Waals surface area contributed by atoms with Gasteiger partial charge >= 0.3 is 0 Å². The number of hydrogen-bond donors (Lipinski definition) is 2. The highest BCUT2D eigenvalue weighted by molar-refractivity contribution is 5.75. The van der Waals surface area contributed by atoms with Gasteiger partial charge < -0.3 is 10.6 Å². The van der Waals surface area contributed by atoms with Crippen LogP contribution in [-0.2, 0) is 0 Å². The predicted octanol–water partition coefficient (Wildman–Crippen LogP) is 1.70. The van der Waals surface area contributed by atoms with Crippen molar-refractivity contribution in [3.05, 3.63) is 12.2 Å². The van der Waals surface area contributed by atoms with Crippen LogP contribution < -0.4 is 5.73 Å². The molecule has 3 nitrogen and oxygen atoms in total. The van der Waals surface area contributed by atoms with Gasteiger partial charge in [0.05, 0.1) is 0 Å². The van der Waals surface area contributed by atoms with Crippen LogP contribution in [0.25, 0.3) is 0 Å². The van der Waals surface area contributed by atoms with Crippen molar-refractivity contribution >= 4 is 5.96 Å². The monoisotopic (exact) mass is 181 g/mol. The molecule has 0 aliphatic carbocycles. The van der Waals surface area contributed by atoms with Crippen molar-refractivity contribution in [2.24, 2.45) is 5.73 Å². The van der Waals surface area contributed by atoms with Gasteiger partial charge in [0.25, 0.3) is 0 Å². The lowest BCUT2D eigenvalue weighted by Crippen LogP contribution is -2.39. The highest BCUT2D eigenvalue weighted by atomic mass is 15.3. The average Bonchev–Trinajstić information content (AvgIpc) is 2.53. The van der Waals surface area contributed by atoms with Crippen LogP contribution in [0.1, 0.15) is 32.6 Å². The zero-order valence-corrected chi connectivity index (χ0v) is 8.29. The minimum Gasteiger partial charge on any atom is -0.370 e. The molecule has 1 aliphatic heterocycles. The van der Waals surface area contributed by atoms with Crippen LogP contribution in [0.15, 0.2) is 12.2 Å². The molecule has 1 atom stereocenters. The highest BCUT2D eigenvalue weighted by Gasteiger charge is 2.23. The van der Waals surface area contributed by atoms with Crippen molar-refractivity contribution in [3.63, 3.8) is 0 Å². The van der Waals surface area contributed by atoms with Crippen LogP contribution in [0.3, 0.4) is 0 Å². The van der Waals surface area contributed by atoms with Gasteiger partial charge in [-0.1, -0.05) is 19.1 Å². The van der Waals surface area contributed by atoms with Crippen LogP contribution in [0, 0.1) is 5.41 Å². The molecular weight excluding hydrogens is 162 g/mol. The van der Waals surface area contributed by atoms with Gasteiger partial charge in [-0.25, -0.2) is 0 Å². The number of nitrogens with one attached hydrogen (secondary N) is 1. The number of rotatable bonds is 3. The number of nitrogens with two attached hydrogens (primary N) is 1. The van der Waals surface area contributed by atoms with Crippen LogP contribution >= 0.6 is 0 Å². The van der Waals surface area contributed by atoms with E-state index in [-0.39, 0.29) is 5.96 Å². The Bertz CT molecular complexity index is 198. The van der Waals surface area contributed by atoms with E-state index in [2.05, 4.69) is 19.1 Å². The molecule has 1 saturated heterocycles. The Morgan fingerprint density at radius 1 is 1.62 bits per heavy atom. The van der Waals surface area contributed by atoms with Crippen molar-refractivity contribution in [3.8, 4) is 0 Å². The number of nitrogens with zero attached hydrogens (tertiary/aromatic N) is 1. The van der Waals surface area contributed by atoms with Crippen molar-refractivity contribution in [2.75, 3.05) is 6.54 Å². The molecule has 0 aromatic heterocycles. The van der Waals surface area contributed by atoms with Crippen molar-refractivity contribution < 1.29 is 0 Å². The summed E-state index contributed by atoms with van der Waals surface area (Å²) in [6.45, 7) is 3.09. The molecule has 0 aromatic rings. The summed E-state index contributed by atoms with van der Waals surface area (Å²) in [5, 5.41) is 7.38. The molecule has 74 valence electrons. The molecule has 0 amide bonds. The van der Waals surface area contributed by atoms with Crippen molar-refractivity contribution in [1.82, 2.24) is 4.90 Å². The Morgan fingerprint density at radius 3 is 3.00 bits per heavy atom. The quantitative estimate of drug-likeness (QED) is 0.395. The van der Waals surface area contributed by atoms with E-state index in [1.54, 1.807) is 0 Å². The van der Waals surface area contributed by atoms with Gasteiger partial charge in [0.1, 0.15) is 0 Å². The third kappa shape index (κ3) is 2.76. The second-order valence-electron chi connectivity index (χ2n) is 3.49. The lowest BCUT2D eigenvalue weighted by atomic mass is 10.1. The molecule has 0 radical (unpaired) electrons. The topological polar surface area (TPSA) is 53.1 Å². The van der Waals surface area contributed by atoms with Gasteiger partial charge in [-0.2, -0.15) is 0 Å². The largest absolute Gasteiger partial charge is 0.370 e. The first kappa shape index (κ1) is 10.1. The van der Waals surface area contributed by atoms with Gasteiger partial charge in [0, 0.05) is 12.6 Å². The first-order valence-electron chi connectivity index (χ1n) is 5.01. The number of likely N-dealkylation sites (tertiary alicyclic amines) is 1. The van der Waals surface area contributed by atoms with Crippen molar-refractivity contribution in [1.29, 1.82) is 5.41 Å². The third-order valence-electron chi connectivity index (χ3n) is 2.50. The molecule has 1 heterocycles.